The van der Waals surface area contributed by atoms with Crippen LogP contribution in [0.2, 0.25) is 0 Å². The predicted molar refractivity (Wildman–Crippen MR) is 100 cm³/mol. The van der Waals surface area contributed by atoms with Crippen molar-refractivity contribution >= 4 is 16.9 Å². The molecule has 0 bridgehead atoms. The number of hydrogen-bond acceptors (Lipinski definition) is 4. The maximum absolute atomic E-state index is 13.1. The Balaban J connectivity index is 1.60. The molecule has 1 saturated heterocycles. The summed E-state index contributed by atoms with van der Waals surface area (Å²) in [6, 6.07) is 8.25. The number of nitrogens with zero attached hydrogens (tertiary/aromatic N) is 5. The van der Waals surface area contributed by atoms with E-state index in [4.69, 9.17) is 0 Å². The van der Waals surface area contributed by atoms with Crippen LogP contribution in [-0.2, 0) is 6.54 Å². The van der Waals surface area contributed by atoms with E-state index in [1.165, 1.54) is 0 Å². The summed E-state index contributed by atoms with van der Waals surface area (Å²) in [6.45, 7) is 7.21. The Kier molecular flexibility index (Phi) is 4.18. The molecule has 0 saturated carbocycles. The molecule has 6 heteroatoms. The molecule has 1 fully saturated rings. The minimum atomic E-state index is -0.00924. The van der Waals surface area contributed by atoms with Gasteiger partial charge in [0.05, 0.1) is 40.5 Å². The second kappa shape index (κ2) is 6.52. The normalized spacial score (nSPS) is 17.2. The molecule has 134 valence electrons. The number of fused-ring (bicyclic) bond motifs is 1. The first-order valence-electron chi connectivity index (χ1n) is 9.07. The number of carbonyl (C=O) groups excluding carboxylic acids is 1. The Morgan fingerprint density at radius 1 is 1.12 bits per heavy atom. The third-order valence-corrected chi connectivity index (χ3v) is 5.26. The minimum Gasteiger partial charge on any atom is -0.332 e. The van der Waals surface area contributed by atoms with Crippen LogP contribution in [0.1, 0.15) is 40.4 Å². The summed E-state index contributed by atoms with van der Waals surface area (Å²) in [5, 5.41) is 0. The van der Waals surface area contributed by atoms with E-state index in [9.17, 15) is 4.79 Å². The number of benzene rings is 1. The molecule has 0 radical (unpaired) electrons. The van der Waals surface area contributed by atoms with Crippen LogP contribution in [0.15, 0.2) is 30.6 Å². The molecule has 3 aromatic rings. The first-order chi connectivity index (χ1) is 12.5. The summed E-state index contributed by atoms with van der Waals surface area (Å²) in [5.74, 6) is -0.00924. The van der Waals surface area contributed by atoms with E-state index in [-0.39, 0.29) is 11.9 Å². The Morgan fingerprint density at radius 2 is 1.88 bits per heavy atom. The monoisotopic (exact) mass is 349 g/mol. The van der Waals surface area contributed by atoms with Crippen molar-refractivity contribution in [1.82, 2.24) is 24.4 Å². The second-order valence-corrected chi connectivity index (χ2v) is 7.01. The van der Waals surface area contributed by atoms with Crippen molar-refractivity contribution in [2.24, 2.45) is 0 Å². The number of carbonyl (C=O) groups is 1. The van der Waals surface area contributed by atoms with Gasteiger partial charge in [-0.15, -0.1) is 0 Å². The molecule has 1 unspecified atom stereocenters. The summed E-state index contributed by atoms with van der Waals surface area (Å²) < 4.78 is 2.14. The maximum Gasteiger partial charge on any atom is 0.274 e. The topological polar surface area (TPSA) is 63.9 Å². The van der Waals surface area contributed by atoms with Gasteiger partial charge in [0.25, 0.3) is 5.91 Å². The van der Waals surface area contributed by atoms with Gasteiger partial charge < -0.3 is 9.47 Å². The number of para-hydroxylation sites is 2. The first-order valence-corrected chi connectivity index (χ1v) is 9.07. The fourth-order valence-corrected chi connectivity index (χ4v) is 3.73. The average Bonchev–Trinajstić information content (AvgIpc) is 3.25. The average molecular weight is 349 g/mol. The summed E-state index contributed by atoms with van der Waals surface area (Å²) in [6.07, 6.45) is 3.88. The molecule has 0 N–H and O–H groups in total. The second-order valence-electron chi connectivity index (χ2n) is 7.01. The van der Waals surface area contributed by atoms with Gasteiger partial charge >= 0.3 is 0 Å². The molecular weight excluding hydrogens is 326 g/mol. The highest BCUT2D eigenvalue weighted by Crippen LogP contribution is 2.24. The van der Waals surface area contributed by atoms with Crippen LogP contribution in [0.3, 0.4) is 0 Å². The van der Waals surface area contributed by atoms with E-state index in [0.29, 0.717) is 11.4 Å². The highest BCUT2D eigenvalue weighted by Gasteiger charge is 2.31. The van der Waals surface area contributed by atoms with E-state index >= 15 is 0 Å². The molecular formula is C20H23N5O. The number of hydrogen-bond donors (Lipinski definition) is 0. The lowest BCUT2D eigenvalue weighted by atomic mass is 10.2. The van der Waals surface area contributed by atoms with E-state index < -0.39 is 0 Å². The molecule has 1 atom stereocenters. The number of amides is 1. The predicted octanol–water partition coefficient (Wildman–Crippen LogP) is 3.06. The number of aryl methyl sites for hydroxylation is 3. The molecule has 3 heterocycles. The van der Waals surface area contributed by atoms with Crippen LogP contribution >= 0.6 is 0 Å². The molecule has 1 aliphatic heterocycles. The number of rotatable bonds is 3. The third-order valence-electron chi connectivity index (χ3n) is 5.26. The molecule has 26 heavy (non-hydrogen) atoms. The SMILES string of the molecule is Cc1nc(C)c(C(=O)N2CCCC2Cn2cnc3ccccc32)nc1C. The molecule has 6 nitrogen and oxygen atoms in total. The third kappa shape index (κ3) is 2.85. The zero-order valence-corrected chi connectivity index (χ0v) is 15.4. The van der Waals surface area contributed by atoms with Crippen LogP contribution in [0, 0.1) is 20.8 Å². The largest absolute Gasteiger partial charge is 0.332 e. The van der Waals surface area contributed by atoms with Gasteiger partial charge in [0.1, 0.15) is 5.69 Å². The zero-order chi connectivity index (χ0) is 18.3. The molecule has 1 amide bonds. The zero-order valence-electron chi connectivity index (χ0n) is 15.4. The Labute approximate surface area is 152 Å². The standard InChI is InChI=1S/C20H23N5O/c1-13-14(2)23-19(15(3)22-13)20(26)25-10-6-7-16(25)11-24-12-21-17-8-4-5-9-18(17)24/h4-5,8-9,12,16H,6-7,10-11H2,1-3H3. The lowest BCUT2D eigenvalue weighted by Crippen LogP contribution is -2.39. The van der Waals surface area contributed by atoms with Crippen molar-refractivity contribution in [1.29, 1.82) is 0 Å². The molecule has 1 aliphatic rings. The molecule has 0 spiro atoms. The van der Waals surface area contributed by atoms with Crippen molar-refractivity contribution < 1.29 is 4.79 Å². The quantitative estimate of drug-likeness (QED) is 0.729. The highest BCUT2D eigenvalue weighted by atomic mass is 16.2. The van der Waals surface area contributed by atoms with Crippen molar-refractivity contribution in [2.75, 3.05) is 6.54 Å². The van der Waals surface area contributed by atoms with E-state index in [1.54, 1.807) is 0 Å². The number of likely N-dealkylation sites (tertiary alicyclic amines) is 1. The first kappa shape index (κ1) is 16.7. The van der Waals surface area contributed by atoms with Gasteiger partial charge in [0.15, 0.2) is 0 Å². The van der Waals surface area contributed by atoms with Crippen molar-refractivity contribution in [2.45, 2.75) is 46.2 Å². The molecule has 2 aromatic heterocycles. The lowest BCUT2D eigenvalue weighted by molar-refractivity contribution is 0.0717. The van der Waals surface area contributed by atoms with Gasteiger partial charge in [-0.05, 0) is 45.7 Å². The minimum absolute atomic E-state index is 0.00924. The Hall–Kier alpha value is -2.76. The molecule has 1 aromatic carbocycles. The maximum atomic E-state index is 13.1. The van der Waals surface area contributed by atoms with Gasteiger partial charge in [-0.1, -0.05) is 12.1 Å². The Bertz CT molecular complexity index is 977. The summed E-state index contributed by atoms with van der Waals surface area (Å²) in [4.78, 5) is 28.6. The number of aromatic nitrogens is 4. The van der Waals surface area contributed by atoms with E-state index in [2.05, 4.69) is 25.6 Å². The van der Waals surface area contributed by atoms with Crippen LogP contribution < -0.4 is 0 Å². The van der Waals surface area contributed by atoms with Gasteiger partial charge in [-0.3, -0.25) is 9.78 Å². The number of imidazole rings is 1. The lowest BCUT2D eigenvalue weighted by Gasteiger charge is -2.25. The summed E-state index contributed by atoms with van der Waals surface area (Å²) in [5.41, 5.74) is 4.97. The fraction of sp³-hybridized carbons (Fsp3) is 0.400. The van der Waals surface area contributed by atoms with E-state index in [0.717, 1.165) is 48.4 Å². The van der Waals surface area contributed by atoms with Crippen LogP contribution in [0.4, 0.5) is 0 Å². The van der Waals surface area contributed by atoms with E-state index in [1.807, 2.05) is 50.2 Å². The smallest absolute Gasteiger partial charge is 0.274 e. The van der Waals surface area contributed by atoms with Gasteiger partial charge in [0.2, 0.25) is 0 Å². The highest BCUT2D eigenvalue weighted by molar-refractivity contribution is 5.93. The fourth-order valence-electron chi connectivity index (χ4n) is 3.73. The van der Waals surface area contributed by atoms with Gasteiger partial charge in [-0.25, -0.2) is 9.97 Å². The Morgan fingerprint density at radius 3 is 2.73 bits per heavy atom. The molecule has 0 aliphatic carbocycles. The van der Waals surface area contributed by atoms with Gasteiger partial charge in [-0.2, -0.15) is 0 Å². The molecule has 4 rings (SSSR count). The van der Waals surface area contributed by atoms with Crippen molar-refractivity contribution in [3.63, 3.8) is 0 Å². The van der Waals surface area contributed by atoms with Crippen LogP contribution in [-0.4, -0.2) is 42.9 Å². The van der Waals surface area contributed by atoms with Crippen molar-refractivity contribution in [3.8, 4) is 0 Å². The van der Waals surface area contributed by atoms with Crippen LogP contribution in [0.25, 0.3) is 11.0 Å². The van der Waals surface area contributed by atoms with Crippen molar-refractivity contribution in [3.05, 3.63) is 53.4 Å². The summed E-state index contributed by atoms with van der Waals surface area (Å²) in [7, 11) is 0. The summed E-state index contributed by atoms with van der Waals surface area (Å²) >= 11 is 0. The van der Waals surface area contributed by atoms with Gasteiger partial charge in [0, 0.05) is 13.1 Å². The van der Waals surface area contributed by atoms with Crippen LogP contribution in [0.5, 0.6) is 0 Å².